The number of likely N-dealkylation sites (N-methyl/N-ethyl adjacent to an activating group) is 1. The Hall–Kier alpha value is -3.14. The Morgan fingerprint density at radius 3 is 2.75 bits per heavy atom. The Morgan fingerprint density at radius 2 is 1.97 bits per heavy atom. The number of phenolic OH excluding ortho intramolecular Hbond substituents is 1. The molecule has 1 saturated heterocycles. The van der Waals surface area contributed by atoms with Gasteiger partial charge in [-0.1, -0.05) is 11.6 Å². The number of benzene rings is 2. The smallest absolute Gasteiger partial charge is 0.169 e. The van der Waals surface area contributed by atoms with Gasteiger partial charge in [0.2, 0.25) is 0 Å². The van der Waals surface area contributed by atoms with E-state index in [9.17, 15) is 5.11 Å². The molecule has 5 rings (SSSR count). The number of pyridine rings is 1. The molecule has 1 fully saturated rings. The number of aryl methyl sites for hydroxylation is 1. The molecule has 0 atom stereocenters. The van der Waals surface area contributed by atoms with Gasteiger partial charge in [0.1, 0.15) is 18.2 Å². The van der Waals surface area contributed by atoms with E-state index in [1.54, 1.807) is 19.2 Å². The van der Waals surface area contributed by atoms with Crippen molar-refractivity contribution in [3.63, 3.8) is 0 Å². The van der Waals surface area contributed by atoms with Crippen molar-refractivity contribution in [2.75, 3.05) is 53.5 Å². The molecule has 2 N–H and O–H groups in total. The van der Waals surface area contributed by atoms with E-state index in [0.29, 0.717) is 51.5 Å². The Bertz CT molecular complexity index is 1430. The number of hydrogen-bond acceptors (Lipinski definition) is 7. The topological polar surface area (TPSA) is 86.7 Å². The number of aromatic nitrogens is 3. The van der Waals surface area contributed by atoms with Gasteiger partial charge in [-0.3, -0.25) is 10.00 Å². The summed E-state index contributed by atoms with van der Waals surface area (Å²) in [6.45, 7) is 7.07. The summed E-state index contributed by atoms with van der Waals surface area (Å²) in [5, 5.41) is 18.7. The van der Waals surface area contributed by atoms with E-state index in [2.05, 4.69) is 32.0 Å². The van der Waals surface area contributed by atoms with Crippen LogP contribution < -0.4 is 9.47 Å². The van der Waals surface area contributed by atoms with Crippen LogP contribution in [0, 0.1) is 12.7 Å². The SMILES string of the molecule is COc1c(OCCN2CCCN(C)CC2)cc(F)c2c(-c3ccc(O)c(Cl)c3)nc3[nH]nc(C)c3c12. The zero-order valence-electron chi connectivity index (χ0n) is 20.6. The number of phenols is 1. The molecule has 0 radical (unpaired) electrons. The van der Waals surface area contributed by atoms with Crippen LogP contribution in [0.2, 0.25) is 5.02 Å². The van der Waals surface area contributed by atoms with Gasteiger partial charge in [0.15, 0.2) is 17.1 Å². The van der Waals surface area contributed by atoms with E-state index in [1.807, 2.05) is 6.92 Å². The summed E-state index contributed by atoms with van der Waals surface area (Å²) in [4.78, 5) is 9.35. The third-order valence-corrected chi connectivity index (χ3v) is 7.04. The number of aromatic hydroxyl groups is 1. The number of H-pyrrole nitrogens is 1. The lowest BCUT2D eigenvalue weighted by molar-refractivity contribution is 0.208. The van der Waals surface area contributed by atoms with Crippen LogP contribution in [0.15, 0.2) is 24.3 Å². The maximum Gasteiger partial charge on any atom is 0.169 e. The first-order chi connectivity index (χ1) is 17.4. The first-order valence-electron chi connectivity index (χ1n) is 11.9. The predicted octanol–water partition coefficient (Wildman–Crippen LogP) is 4.61. The van der Waals surface area contributed by atoms with Crippen LogP contribution in [0.5, 0.6) is 17.2 Å². The van der Waals surface area contributed by atoms with Gasteiger partial charge in [-0.15, -0.1) is 0 Å². The molecule has 2 aromatic heterocycles. The molecular weight excluding hydrogens is 485 g/mol. The molecule has 36 heavy (non-hydrogen) atoms. The highest BCUT2D eigenvalue weighted by molar-refractivity contribution is 6.32. The summed E-state index contributed by atoms with van der Waals surface area (Å²) in [5.74, 6) is 0.196. The summed E-state index contributed by atoms with van der Waals surface area (Å²) in [7, 11) is 3.68. The highest BCUT2D eigenvalue weighted by Crippen LogP contribution is 2.45. The molecule has 190 valence electrons. The minimum Gasteiger partial charge on any atom is -0.506 e. The van der Waals surface area contributed by atoms with Gasteiger partial charge >= 0.3 is 0 Å². The summed E-state index contributed by atoms with van der Waals surface area (Å²) in [6.07, 6.45) is 1.11. The number of ether oxygens (including phenoxy) is 2. The molecule has 1 aliphatic rings. The first kappa shape index (κ1) is 24.5. The van der Waals surface area contributed by atoms with Crippen molar-refractivity contribution in [1.29, 1.82) is 0 Å². The number of nitrogens with one attached hydrogen (secondary N) is 1. The third-order valence-electron chi connectivity index (χ3n) is 6.74. The molecule has 3 heterocycles. The lowest BCUT2D eigenvalue weighted by Crippen LogP contribution is -2.32. The van der Waals surface area contributed by atoms with Gasteiger partial charge in [0.05, 0.1) is 28.9 Å². The van der Waals surface area contributed by atoms with E-state index < -0.39 is 5.82 Å². The second-order valence-electron chi connectivity index (χ2n) is 9.15. The van der Waals surface area contributed by atoms with Crippen LogP contribution in [0.4, 0.5) is 4.39 Å². The van der Waals surface area contributed by atoms with Crippen LogP contribution in [0.3, 0.4) is 0 Å². The van der Waals surface area contributed by atoms with Crippen LogP contribution in [-0.2, 0) is 0 Å². The average molecular weight is 514 g/mol. The molecular formula is C26H29ClFN5O3. The van der Waals surface area contributed by atoms with E-state index in [-0.39, 0.29) is 16.2 Å². The number of nitrogens with zero attached hydrogens (tertiary/aromatic N) is 4. The molecule has 10 heteroatoms. The van der Waals surface area contributed by atoms with E-state index in [1.165, 1.54) is 12.1 Å². The molecule has 0 saturated carbocycles. The zero-order chi connectivity index (χ0) is 25.4. The number of methoxy groups -OCH3 is 1. The second-order valence-corrected chi connectivity index (χ2v) is 9.55. The molecule has 2 aromatic carbocycles. The monoisotopic (exact) mass is 513 g/mol. The summed E-state index contributed by atoms with van der Waals surface area (Å²) < 4.78 is 27.7. The second kappa shape index (κ2) is 10.1. The summed E-state index contributed by atoms with van der Waals surface area (Å²) >= 11 is 6.16. The Labute approximate surface area is 213 Å². The number of aromatic amines is 1. The fourth-order valence-corrected chi connectivity index (χ4v) is 5.01. The molecule has 0 bridgehead atoms. The molecule has 0 spiro atoms. The van der Waals surface area contributed by atoms with Crippen molar-refractivity contribution < 1.29 is 19.0 Å². The maximum absolute atomic E-state index is 15.8. The Balaban J connectivity index is 1.59. The van der Waals surface area contributed by atoms with Gasteiger partial charge < -0.3 is 19.5 Å². The fourth-order valence-electron chi connectivity index (χ4n) is 4.83. The van der Waals surface area contributed by atoms with E-state index in [0.717, 1.165) is 39.1 Å². The van der Waals surface area contributed by atoms with E-state index in [4.69, 9.17) is 21.1 Å². The Kier molecular flexibility index (Phi) is 6.87. The van der Waals surface area contributed by atoms with Crippen LogP contribution in [-0.4, -0.2) is 83.6 Å². The van der Waals surface area contributed by atoms with Crippen molar-refractivity contribution in [2.45, 2.75) is 13.3 Å². The van der Waals surface area contributed by atoms with Crippen molar-refractivity contribution in [3.8, 4) is 28.5 Å². The largest absolute Gasteiger partial charge is 0.506 e. The van der Waals surface area contributed by atoms with Crippen LogP contribution >= 0.6 is 11.6 Å². The molecule has 0 amide bonds. The summed E-state index contributed by atoms with van der Waals surface area (Å²) in [6, 6.07) is 6.02. The first-order valence-corrected chi connectivity index (χ1v) is 12.3. The Morgan fingerprint density at radius 1 is 1.14 bits per heavy atom. The van der Waals surface area contributed by atoms with Crippen molar-refractivity contribution in [3.05, 3.63) is 40.8 Å². The molecule has 8 nitrogen and oxygen atoms in total. The molecule has 1 aliphatic heterocycles. The van der Waals surface area contributed by atoms with Gasteiger partial charge in [0, 0.05) is 42.0 Å². The van der Waals surface area contributed by atoms with Crippen LogP contribution in [0.25, 0.3) is 33.1 Å². The minimum atomic E-state index is -0.494. The van der Waals surface area contributed by atoms with Crippen molar-refractivity contribution in [1.82, 2.24) is 25.0 Å². The third kappa shape index (κ3) is 4.54. The number of fused-ring (bicyclic) bond motifs is 3. The minimum absolute atomic E-state index is 0.0621. The normalized spacial score (nSPS) is 15.5. The quantitative estimate of drug-likeness (QED) is 0.389. The predicted molar refractivity (Wildman–Crippen MR) is 139 cm³/mol. The fraction of sp³-hybridized carbons (Fsp3) is 0.385. The molecule has 4 aromatic rings. The highest BCUT2D eigenvalue weighted by Gasteiger charge is 2.24. The summed E-state index contributed by atoms with van der Waals surface area (Å²) in [5.41, 5.74) is 2.07. The standard InChI is InChI=1S/C26H29ClFN5O3/c1-15-21-23-22(24(29-26(21)31-30-15)16-5-6-19(34)17(27)13-16)18(28)14-20(25(23)35-3)36-12-11-33-8-4-7-32(2)9-10-33/h5-6,13-14,34H,4,7-12H2,1-3H3,(H,29,30,31). The van der Waals surface area contributed by atoms with Crippen molar-refractivity contribution in [2.24, 2.45) is 0 Å². The lowest BCUT2D eigenvalue weighted by atomic mass is 9.99. The maximum atomic E-state index is 15.8. The number of hydrogen-bond donors (Lipinski definition) is 2. The van der Waals surface area contributed by atoms with Gasteiger partial charge in [-0.25, -0.2) is 9.37 Å². The van der Waals surface area contributed by atoms with Crippen LogP contribution in [0.1, 0.15) is 12.1 Å². The molecule has 0 unspecified atom stereocenters. The number of halogens is 2. The highest BCUT2D eigenvalue weighted by atomic mass is 35.5. The van der Waals surface area contributed by atoms with E-state index >= 15 is 4.39 Å². The van der Waals surface area contributed by atoms with Gasteiger partial charge in [-0.05, 0) is 51.7 Å². The van der Waals surface area contributed by atoms with Gasteiger partial charge in [0.25, 0.3) is 0 Å². The lowest BCUT2D eigenvalue weighted by Gasteiger charge is -2.21. The zero-order valence-corrected chi connectivity index (χ0v) is 21.3. The van der Waals surface area contributed by atoms with Crippen molar-refractivity contribution >= 4 is 33.4 Å². The average Bonchev–Trinajstić information content (AvgIpc) is 3.10. The number of rotatable bonds is 6. The van der Waals surface area contributed by atoms with Gasteiger partial charge in [-0.2, -0.15) is 5.10 Å². The molecule has 0 aliphatic carbocycles.